The van der Waals surface area contributed by atoms with Gasteiger partial charge in [0.2, 0.25) is 0 Å². The van der Waals surface area contributed by atoms with Crippen molar-refractivity contribution in [3.63, 3.8) is 0 Å². The Morgan fingerprint density at radius 1 is 1.17 bits per heavy atom. The maximum absolute atomic E-state index is 5.60. The van der Waals surface area contributed by atoms with E-state index < -0.39 is 0 Å². The highest BCUT2D eigenvalue weighted by Crippen LogP contribution is 2.21. The number of hydrogen-bond donors (Lipinski definition) is 3. The molecule has 4 heteroatoms. The summed E-state index contributed by atoms with van der Waals surface area (Å²) in [6, 6.07) is 8.45. The molecule has 0 spiro atoms. The summed E-state index contributed by atoms with van der Waals surface area (Å²) in [5, 5.41) is 8.42. The quantitative estimate of drug-likeness (QED) is 0.652. The zero-order valence-electron chi connectivity index (χ0n) is 10.1. The minimum atomic E-state index is 0.642. The monoisotopic (exact) mass is 240 g/mol. The van der Waals surface area contributed by atoms with Gasteiger partial charge in [-0.25, -0.2) is 0 Å². The molecule has 1 aromatic carbocycles. The normalized spacial score (nSPS) is 11.2. The van der Waals surface area contributed by atoms with Gasteiger partial charge in [0.15, 0.2) is 0 Å². The number of hydrogen-bond acceptors (Lipinski definition) is 2. The van der Waals surface area contributed by atoms with E-state index in [1.807, 2.05) is 12.4 Å². The fraction of sp³-hybridized carbons (Fsp3) is 0.214. The first-order valence-corrected chi connectivity index (χ1v) is 6.14. The maximum atomic E-state index is 5.60. The van der Waals surface area contributed by atoms with Crippen LogP contribution in [-0.2, 0) is 12.8 Å². The number of aromatic amines is 2. The van der Waals surface area contributed by atoms with Crippen LogP contribution < -0.4 is 5.73 Å². The molecule has 0 saturated heterocycles. The number of nitrogens with zero attached hydrogens (tertiary/aromatic N) is 1. The number of aromatic nitrogens is 3. The van der Waals surface area contributed by atoms with Gasteiger partial charge >= 0.3 is 0 Å². The van der Waals surface area contributed by atoms with Gasteiger partial charge in [-0.3, -0.25) is 5.10 Å². The molecule has 0 aliphatic heterocycles. The molecule has 2 heterocycles. The van der Waals surface area contributed by atoms with Crippen molar-refractivity contribution in [2.24, 2.45) is 5.73 Å². The summed E-state index contributed by atoms with van der Waals surface area (Å²) in [5.74, 6) is 0. The second-order valence-corrected chi connectivity index (χ2v) is 4.45. The third-order valence-corrected chi connectivity index (χ3v) is 3.27. The summed E-state index contributed by atoms with van der Waals surface area (Å²) < 4.78 is 0. The van der Waals surface area contributed by atoms with Crippen LogP contribution in [0.5, 0.6) is 0 Å². The number of nitrogens with one attached hydrogen (secondary N) is 2. The average Bonchev–Trinajstić information content (AvgIpc) is 3.00. The third-order valence-electron chi connectivity index (χ3n) is 3.27. The van der Waals surface area contributed by atoms with Gasteiger partial charge in [-0.15, -0.1) is 0 Å². The van der Waals surface area contributed by atoms with E-state index in [0.717, 1.165) is 18.5 Å². The van der Waals surface area contributed by atoms with Gasteiger partial charge in [-0.05, 0) is 29.8 Å². The van der Waals surface area contributed by atoms with Gasteiger partial charge in [0.25, 0.3) is 0 Å². The molecular formula is C14H16N4. The lowest BCUT2D eigenvalue weighted by molar-refractivity contribution is 0.890. The number of rotatable bonds is 4. The Morgan fingerprint density at radius 3 is 3.00 bits per heavy atom. The van der Waals surface area contributed by atoms with E-state index in [4.69, 9.17) is 5.73 Å². The Balaban J connectivity index is 1.96. The van der Waals surface area contributed by atoms with Crippen LogP contribution in [0.3, 0.4) is 0 Å². The van der Waals surface area contributed by atoms with Crippen molar-refractivity contribution in [1.29, 1.82) is 0 Å². The predicted molar refractivity (Wildman–Crippen MR) is 72.5 cm³/mol. The van der Waals surface area contributed by atoms with Crippen molar-refractivity contribution in [2.45, 2.75) is 12.8 Å². The highest BCUT2D eigenvalue weighted by atomic mass is 15.1. The zero-order chi connectivity index (χ0) is 12.4. The summed E-state index contributed by atoms with van der Waals surface area (Å²) >= 11 is 0. The fourth-order valence-corrected chi connectivity index (χ4v) is 2.36. The van der Waals surface area contributed by atoms with Gasteiger partial charge in [0.1, 0.15) is 0 Å². The first kappa shape index (κ1) is 11.0. The maximum Gasteiger partial charge on any atom is 0.0525 e. The molecule has 0 aliphatic rings. The summed E-state index contributed by atoms with van der Waals surface area (Å²) in [4.78, 5) is 3.24. The number of fused-ring (bicyclic) bond motifs is 1. The largest absolute Gasteiger partial charge is 0.361 e. The van der Waals surface area contributed by atoms with E-state index in [2.05, 4.69) is 39.4 Å². The highest BCUT2D eigenvalue weighted by Gasteiger charge is 2.08. The van der Waals surface area contributed by atoms with Crippen molar-refractivity contribution in [2.75, 3.05) is 6.54 Å². The molecule has 0 saturated carbocycles. The van der Waals surface area contributed by atoms with Gasteiger partial charge in [-0.1, -0.05) is 12.1 Å². The second kappa shape index (κ2) is 4.66. The average molecular weight is 240 g/mol. The number of H-pyrrole nitrogens is 2. The minimum Gasteiger partial charge on any atom is -0.361 e. The first-order chi connectivity index (χ1) is 8.88. The van der Waals surface area contributed by atoms with E-state index >= 15 is 0 Å². The van der Waals surface area contributed by atoms with Crippen LogP contribution in [0, 0.1) is 0 Å². The number of nitrogens with two attached hydrogens (primary N) is 1. The molecule has 18 heavy (non-hydrogen) atoms. The van der Waals surface area contributed by atoms with Gasteiger partial charge in [0, 0.05) is 35.6 Å². The Kier molecular flexibility index (Phi) is 2.86. The third kappa shape index (κ3) is 1.91. The Hall–Kier alpha value is -2.07. The Morgan fingerprint density at radius 2 is 2.11 bits per heavy atom. The van der Waals surface area contributed by atoms with Crippen molar-refractivity contribution >= 4 is 10.9 Å². The first-order valence-electron chi connectivity index (χ1n) is 6.14. The number of benzene rings is 1. The minimum absolute atomic E-state index is 0.642. The lowest BCUT2D eigenvalue weighted by Gasteiger charge is -2.04. The van der Waals surface area contributed by atoms with Crippen LogP contribution >= 0.6 is 0 Å². The molecule has 0 unspecified atom stereocenters. The molecule has 0 amide bonds. The zero-order valence-corrected chi connectivity index (χ0v) is 10.1. The smallest absolute Gasteiger partial charge is 0.0525 e. The second-order valence-electron chi connectivity index (χ2n) is 4.45. The van der Waals surface area contributed by atoms with Crippen LogP contribution in [-0.4, -0.2) is 21.7 Å². The van der Waals surface area contributed by atoms with Crippen molar-refractivity contribution in [3.8, 4) is 0 Å². The van der Waals surface area contributed by atoms with Crippen molar-refractivity contribution < 1.29 is 0 Å². The fourth-order valence-electron chi connectivity index (χ4n) is 2.36. The Bertz CT molecular complexity index is 650. The van der Waals surface area contributed by atoms with Gasteiger partial charge < -0.3 is 10.7 Å². The molecule has 3 aromatic rings. The summed E-state index contributed by atoms with van der Waals surface area (Å²) in [6.07, 6.45) is 5.61. The lowest BCUT2D eigenvalue weighted by atomic mass is 10.0. The molecule has 0 aliphatic carbocycles. The van der Waals surface area contributed by atoms with Crippen LogP contribution in [0.1, 0.15) is 16.8 Å². The molecule has 0 bridgehead atoms. The summed E-state index contributed by atoms with van der Waals surface area (Å²) in [7, 11) is 0. The van der Waals surface area contributed by atoms with Crippen LogP contribution in [0.15, 0.2) is 36.7 Å². The van der Waals surface area contributed by atoms with Gasteiger partial charge in [0.05, 0.1) is 6.20 Å². The van der Waals surface area contributed by atoms with Crippen LogP contribution in [0.25, 0.3) is 10.9 Å². The molecule has 4 nitrogen and oxygen atoms in total. The van der Waals surface area contributed by atoms with Crippen molar-refractivity contribution in [3.05, 3.63) is 53.5 Å². The van der Waals surface area contributed by atoms with E-state index in [1.54, 1.807) is 0 Å². The topological polar surface area (TPSA) is 70.5 Å². The Labute approximate surface area is 105 Å². The molecule has 0 radical (unpaired) electrons. The summed E-state index contributed by atoms with van der Waals surface area (Å²) in [6.45, 7) is 0.642. The molecular weight excluding hydrogens is 224 g/mol. The van der Waals surface area contributed by atoms with E-state index in [9.17, 15) is 0 Å². The molecule has 4 N–H and O–H groups in total. The van der Waals surface area contributed by atoms with Gasteiger partial charge in [-0.2, -0.15) is 5.10 Å². The van der Waals surface area contributed by atoms with E-state index in [-0.39, 0.29) is 0 Å². The van der Waals surface area contributed by atoms with E-state index in [1.165, 1.54) is 22.0 Å². The highest BCUT2D eigenvalue weighted by molar-refractivity contribution is 5.83. The van der Waals surface area contributed by atoms with Crippen molar-refractivity contribution in [1.82, 2.24) is 15.2 Å². The SMILES string of the molecule is NCCc1[nH]ncc1Cc1cccc2[nH]ccc12. The van der Waals surface area contributed by atoms with E-state index in [0.29, 0.717) is 6.54 Å². The molecule has 2 aromatic heterocycles. The summed E-state index contributed by atoms with van der Waals surface area (Å²) in [5.41, 5.74) is 10.5. The standard InChI is InChI=1S/C14H16N4/c15-6-4-13-11(9-17-18-13)8-10-2-1-3-14-12(10)5-7-16-14/h1-3,5,7,9,16H,4,6,8,15H2,(H,17,18). The predicted octanol–water partition coefficient (Wildman–Crippen LogP) is 1.98. The molecule has 0 atom stereocenters. The molecule has 0 fully saturated rings. The van der Waals surface area contributed by atoms with Crippen LogP contribution in [0.2, 0.25) is 0 Å². The molecule has 3 rings (SSSR count). The molecule has 92 valence electrons. The lowest BCUT2D eigenvalue weighted by Crippen LogP contribution is -2.05. The van der Waals surface area contributed by atoms with Crippen LogP contribution in [0.4, 0.5) is 0 Å².